The molecule has 0 unspecified atom stereocenters. The average molecular weight is 347 g/mol. The monoisotopic (exact) mass is 347 g/mol. The molecule has 0 N–H and O–H groups in total. The molecule has 5 nitrogen and oxygen atoms in total. The van der Waals surface area contributed by atoms with Crippen molar-refractivity contribution in [3.63, 3.8) is 0 Å². The van der Waals surface area contributed by atoms with Gasteiger partial charge in [0.2, 0.25) is 0 Å². The second-order valence-electron chi connectivity index (χ2n) is 6.51. The van der Waals surface area contributed by atoms with Crippen LogP contribution in [0.25, 0.3) is 11.1 Å². The predicted molar refractivity (Wildman–Crippen MR) is 93.2 cm³/mol. The number of aryl methyl sites for hydroxylation is 2. The third kappa shape index (κ3) is 3.53. The molecule has 6 heteroatoms. The Balaban J connectivity index is 2.12. The SMILES string of the molecule is Cc1cc(-c2cc(S(C)(=O)=O)ccc2OCC2CC2)cn(C)c1=O. The molecule has 2 aromatic rings. The van der Waals surface area contributed by atoms with Gasteiger partial charge in [-0.1, -0.05) is 0 Å². The van der Waals surface area contributed by atoms with Crippen molar-refractivity contribution in [1.82, 2.24) is 4.57 Å². The first-order valence-corrected chi connectivity index (χ1v) is 9.79. The normalized spacial score (nSPS) is 14.6. The summed E-state index contributed by atoms with van der Waals surface area (Å²) in [4.78, 5) is 12.2. The van der Waals surface area contributed by atoms with E-state index in [-0.39, 0.29) is 10.5 Å². The molecule has 1 fully saturated rings. The van der Waals surface area contributed by atoms with Crippen molar-refractivity contribution >= 4 is 9.84 Å². The van der Waals surface area contributed by atoms with Gasteiger partial charge in [0.1, 0.15) is 5.75 Å². The first-order chi connectivity index (χ1) is 11.3. The van der Waals surface area contributed by atoms with E-state index >= 15 is 0 Å². The Hall–Kier alpha value is -2.08. The Morgan fingerprint density at radius 2 is 1.96 bits per heavy atom. The Kier molecular flexibility index (Phi) is 4.25. The molecule has 24 heavy (non-hydrogen) atoms. The highest BCUT2D eigenvalue weighted by Gasteiger charge is 2.23. The molecule has 0 radical (unpaired) electrons. The van der Waals surface area contributed by atoms with Crippen molar-refractivity contribution in [1.29, 1.82) is 0 Å². The van der Waals surface area contributed by atoms with E-state index in [1.807, 2.05) is 0 Å². The topological polar surface area (TPSA) is 65.4 Å². The minimum atomic E-state index is -3.32. The van der Waals surface area contributed by atoms with E-state index in [1.54, 1.807) is 44.4 Å². The minimum absolute atomic E-state index is 0.0709. The second-order valence-corrected chi connectivity index (χ2v) is 8.53. The summed E-state index contributed by atoms with van der Waals surface area (Å²) in [5.41, 5.74) is 1.99. The van der Waals surface area contributed by atoms with Crippen LogP contribution in [0.2, 0.25) is 0 Å². The predicted octanol–water partition coefficient (Wildman–Crippen LogP) is 2.55. The Morgan fingerprint density at radius 3 is 2.54 bits per heavy atom. The summed E-state index contributed by atoms with van der Waals surface area (Å²) in [6.07, 6.45) is 5.24. The number of ether oxygens (including phenoxy) is 1. The first kappa shape index (κ1) is 16.8. The summed E-state index contributed by atoms with van der Waals surface area (Å²) in [5.74, 6) is 1.24. The number of rotatable bonds is 5. The summed E-state index contributed by atoms with van der Waals surface area (Å²) in [5, 5.41) is 0. The lowest BCUT2D eigenvalue weighted by molar-refractivity contribution is 0.301. The van der Waals surface area contributed by atoms with Crippen molar-refractivity contribution in [2.75, 3.05) is 12.9 Å². The van der Waals surface area contributed by atoms with Crippen LogP contribution in [0.5, 0.6) is 5.75 Å². The van der Waals surface area contributed by atoms with Crippen molar-refractivity contribution in [2.45, 2.75) is 24.7 Å². The molecule has 1 aliphatic rings. The highest BCUT2D eigenvalue weighted by atomic mass is 32.2. The fourth-order valence-electron chi connectivity index (χ4n) is 2.61. The zero-order chi connectivity index (χ0) is 17.5. The lowest BCUT2D eigenvalue weighted by atomic mass is 10.0. The molecule has 0 amide bonds. The van der Waals surface area contributed by atoms with Gasteiger partial charge in [-0.05, 0) is 49.9 Å². The fourth-order valence-corrected chi connectivity index (χ4v) is 3.26. The van der Waals surface area contributed by atoms with E-state index in [4.69, 9.17) is 4.74 Å². The molecule has 1 saturated carbocycles. The second kappa shape index (κ2) is 6.09. The molecule has 3 rings (SSSR count). The van der Waals surface area contributed by atoms with Gasteiger partial charge in [-0.3, -0.25) is 4.79 Å². The zero-order valence-electron chi connectivity index (χ0n) is 14.1. The molecule has 0 saturated heterocycles. The van der Waals surface area contributed by atoms with E-state index in [0.29, 0.717) is 29.4 Å². The highest BCUT2D eigenvalue weighted by molar-refractivity contribution is 7.90. The Bertz CT molecular complexity index is 914. The molecule has 1 aromatic carbocycles. The van der Waals surface area contributed by atoms with Crippen molar-refractivity contribution in [3.8, 4) is 16.9 Å². The van der Waals surface area contributed by atoms with Crippen LogP contribution < -0.4 is 10.3 Å². The van der Waals surface area contributed by atoms with Gasteiger partial charge in [-0.25, -0.2) is 8.42 Å². The van der Waals surface area contributed by atoms with Crippen LogP contribution in [0.1, 0.15) is 18.4 Å². The molecule has 1 aliphatic carbocycles. The lowest BCUT2D eigenvalue weighted by Gasteiger charge is -2.14. The molecular weight excluding hydrogens is 326 g/mol. The number of sulfone groups is 1. The number of pyridine rings is 1. The maximum Gasteiger partial charge on any atom is 0.253 e. The largest absolute Gasteiger partial charge is 0.493 e. The molecule has 0 bridgehead atoms. The fraction of sp³-hybridized carbons (Fsp3) is 0.389. The number of aromatic nitrogens is 1. The molecule has 0 atom stereocenters. The van der Waals surface area contributed by atoms with E-state index in [2.05, 4.69) is 0 Å². The van der Waals surface area contributed by atoms with Gasteiger partial charge in [0.05, 0.1) is 11.5 Å². The van der Waals surface area contributed by atoms with Crippen molar-refractivity contribution < 1.29 is 13.2 Å². The van der Waals surface area contributed by atoms with Crippen LogP contribution in [0.3, 0.4) is 0 Å². The molecule has 1 heterocycles. The van der Waals surface area contributed by atoms with Gasteiger partial charge < -0.3 is 9.30 Å². The summed E-state index contributed by atoms with van der Waals surface area (Å²) >= 11 is 0. The van der Waals surface area contributed by atoms with Gasteiger partial charge in [0.25, 0.3) is 5.56 Å². The van der Waals surface area contributed by atoms with Crippen LogP contribution in [0, 0.1) is 12.8 Å². The molecule has 0 aliphatic heterocycles. The first-order valence-electron chi connectivity index (χ1n) is 7.90. The van der Waals surface area contributed by atoms with Gasteiger partial charge in [0.15, 0.2) is 9.84 Å². The Labute approximate surface area is 141 Å². The average Bonchev–Trinajstić information content (AvgIpc) is 3.33. The standard InChI is InChI=1S/C18H21NO4S/c1-12-8-14(10-19(2)18(12)20)16-9-15(24(3,21)22)6-7-17(16)23-11-13-4-5-13/h6-10,13H,4-5,11H2,1-3H3. The number of hydrogen-bond acceptors (Lipinski definition) is 4. The third-order valence-electron chi connectivity index (χ3n) is 4.22. The molecular formula is C18H21NO4S. The quantitative estimate of drug-likeness (QED) is 0.834. The van der Waals surface area contributed by atoms with Crippen LogP contribution >= 0.6 is 0 Å². The summed E-state index contributed by atoms with van der Waals surface area (Å²) in [7, 11) is -1.64. The van der Waals surface area contributed by atoms with Crippen molar-refractivity contribution in [3.05, 3.63) is 46.4 Å². The van der Waals surface area contributed by atoms with E-state index in [0.717, 1.165) is 5.56 Å². The van der Waals surface area contributed by atoms with Crippen LogP contribution in [-0.2, 0) is 16.9 Å². The van der Waals surface area contributed by atoms with E-state index < -0.39 is 9.84 Å². The van der Waals surface area contributed by atoms with E-state index in [1.165, 1.54) is 23.7 Å². The Morgan fingerprint density at radius 1 is 1.25 bits per heavy atom. The van der Waals surface area contributed by atoms with Gasteiger partial charge >= 0.3 is 0 Å². The highest BCUT2D eigenvalue weighted by Crippen LogP contribution is 2.35. The number of nitrogens with zero attached hydrogens (tertiary/aromatic N) is 1. The number of hydrogen-bond donors (Lipinski definition) is 0. The van der Waals surface area contributed by atoms with Crippen LogP contribution in [-0.4, -0.2) is 25.8 Å². The summed E-state index contributed by atoms with van der Waals surface area (Å²) in [6.45, 7) is 2.38. The summed E-state index contributed by atoms with van der Waals surface area (Å²) < 4.78 is 31.2. The summed E-state index contributed by atoms with van der Waals surface area (Å²) in [6, 6.07) is 6.66. The van der Waals surface area contributed by atoms with Crippen LogP contribution in [0.4, 0.5) is 0 Å². The van der Waals surface area contributed by atoms with Gasteiger partial charge in [-0.2, -0.15) is 0 Å². The molecule has 0 spiro atoms. The maximum atomic E-state index is 11.9. The molecule has 128 valence electrons. The smallest absolute Gasteiger partial charge is 0.253 e. The van der Waals surface area contributed by atoms with Crippen LogP contribution in [0.15, 0.2) is 40.2 Å². The maximum absolute atomic E-state index is 11.9. The lowest BCUT2D eigenvalue weighted by Crippen LogP contribution is -2.18. The third-order valence-corrected chi connectivity index (χ3v) is 5.33. The zero-order valence-corrected chi connectivity index (χ0v) is 14.9. The number of benzene rings is 1. The van der Waals surface area contributed by atoms with Gasteiger partial charge in [-0.15, -0.1) is 0 Å². The van der Waals surface area contributed by atoms with E-state index in [9.17, 15) is 13.2 Å². The molecule has 1 aromatic heterocycles. The minimum Gasteiger partial charge on any atom is -0.493 e. The van der Waals surface area contributed by atoms with Gasteiger partial charge in [0, 0.05) is 36.2 Å². The van der Waals surface area contributed by atoms with Crippen molar-refractivity contribution in [2.24, 2.45) is 13.0 Å².